The molecule has 3 heterocycles. The molecule has 0 spiro atoms. The lowest BCUT2D eigenvalue weighted by molar-refractivity contribution is -0.378. The largest absolute Gasteiger partial charge is 0.354 e. The highest BCUT2D eigenvalue weighted by Gasteiger charge is 2.22. The molecule has 1 unspecified atom stereocenters. The first-order chi connectivity index (χ1) is 14.0. The van der Waals surface area contributed by atoms with E-state index in [1.54, 1.807) is 12.3 Å². The van der Waals surface area contributed by atoms with E-state index in [1.165, 1.54) is 6.08 Å². The maximum atomic E-state index is 13.3. The van der Waals surface area contributed by atoms with Crippen molar-refractivity contribution in [1.82, 2.24) is 15.3 Å². The molecule has 0 aromatic carbocycles. The van der Waals surface area contributed by atoms with Crippen LogP contribution in [0.5, 0.6) is 0 Å². The summed E-state index contributed by atoms with van der Waals surface area (Å²) in [5, 5.41) is 2.78. The number of carbonyl (C=O) groups is 1. The number of thiol groups is 1. The molecule has 0 aliphatic carbocycles. The van der Waals surface area contributed by atoms with Crippen LogP contribution in [0.25, 0.3) is 6.08 Å². The van der Waals surface area contributed by atoms with Gasteiger partial charge in [0.25, 0.3) is 0 Å². The van der Waals surface area contributed by atoms with Gasteiger partial charge in [-0.2, -0.15) is 17.6 Å². The summed E-state index contributed by atoms with van der Waals surface area (Å²) in [6.45, 7) is 6.36. The number of hydrogen-bond acceptors (Lipinski definition) is 5. The molecule has 1 fully saturated rings. The molecule has 2 aromatic rings. The molecule has 0 radical (unpaired) electrons. The van der Waals surface area contributed by atoms with Gasteiger partial charge in [0.2, 0.25) is 11.2 Å². The van der Waals surface area contributed by atoms with E-state index in [9.17, 15) is 9.18 Å². The molecule has 1 atom stereocenters. The van der Waals surface area contributed by atoms with Gasteiger partial charge < -0.3 is 10.2 Å². The zero-order chi connectivity index (χ0) is 21.6. The molecule has 9 heteroatoms. The minimum atomic E-state index is -0.400. The summed E-state index contributed by atoms with van der Waals surface area (Å²) in [6, 6.07) is 3.81. The zero-order valence-electron chi connectivity index (χ0n) is 16.9. The van der Waals surface area contributed by atoms with Crippen molar-refractivity contribution in [2.75, 3.05) is 30.8 Å². The van der Waals surface area contributed by atoms with Crippen LogP contribution < -0.4 is 15.2 Å². The fraction of sp³-hybridized carbons (Fsp3) is 0.400. The highest BCUT2D eigenvalue weighted by atomic mass is 35.5. The molecule has 2 N–H and O–H groups in total. The highest BCUT2D eigenvalue weighted by Crippen LogP contribution is 2.24. The molecule has 1 saturated heterocycles. The quantitative estimate of drug-likeness (QED) is 0.434. The van der Waals surface area contributed by atoms with Crippen LogP contribution in [-0.4, -0.2) is 41.8 Å². The van der Waals surface area contributed by atoms with E-state index in [2.05, 4.69) is 39.8 Å². The van der Waals surface area contributed by atoms with E-state index in [0.717, 1.165) is 31.3 Å². The van der Waals surface area contributed by atoms with Crippen LogP contribution in [0.15, 0.2) is 36.8 Å². The molecule has 1 aliphatic rings. The summed E-state index contributed by atoms with van der Waals surface area (Å²) in [6.07, 6.45) is 10.8. The summed E-state index contributed by atoms with van der Waals surface area (Å²) >= 11 is 9.14. The summed E-state index contributed by atoms with van der Waals surface area (Å²) in [4.78, 5) is 23.3. The second kappa shape index (κ2) is 13.9. The van der Waals surface area contributed by atoms with Gasteiger partial charge >= 0.3 is 0 Å². The Bertz CT molecular complexity index is 779. The number of likely N-dealkylation sites (N-methyl/N-ethyl adjacent to an activating group) is 1. The third kappa shape index (κ3) is 9.23. The van der Waals surface area contributed by atoms with Crippen LogP contribution in [0, 0.1) is 11.7 Å². The van der Waals surface area contributed by atoms with Crippen LogP contribution in [0.2, 0.25) is 5.28 Å². The summed E-state index contributed by atoms with van der Waals surface area (Å²) in [5.74, 6) is 0.451. The van der Waals surface area contributed by atoms with Gasteiger partial charge in [-0.3, -0.25) is 4.79 Å². The van der Waals surface area contributed by atoms with Gasteiger partial charge in [-0.1, -0.05) is 6.92 Å². The van der Waals surface area contributed by atoms with Gasteiger partial charge in [-0.25, -0.2) is 14.4 Å². The van der Waals surface area contributed by atoms with Gasteiger partial charge in [-0.05, 0) is 49.3 Å². The Morgan fingerprint density at radius 2 is 2.28 bits per heavy atom. The van der Waals surface area contributed by atoms with Gasteiger partial charge in [0.05, 0.1) is 6.20 Å². The molecule has 2 aromatic heterocycles. The summed E-state index contributed by atoms with van der Waals surface area (Å²) < 4.78 is 13.3. The second-order valence-corrected chi connectivity index (χ2v) is 6.55. The predicted molar refractivity (Wildman–Crippen MR) is 119 cm³/mol. The minimum absolute atomic E-state index is 0.0636. The number of carbonyl (C=O) groups excluding carboxylic acids is 1. The van der Waals surface area contributed by atoms with Crippen LogP contribution >= 0.6 is 24.2 Å². The molecule has 3 rings (SSSR count). The first-order valence-corrected chi connectivity index (χ1v) is 10.6. The Labute approximate surface area is 182 Å². The molecule has 6 nitrogen and oxygen atoms in total. The smallest absolute Gasteiger partial charge is 0.243 e. The van der Waals surface area contributed by atoms with Crippen molar-refractivity contribution in [3.63, 3.8) is 0 Å². The van der Waals surface area contributed by atoms with Gasteiger partial charge in [0.1, 0.15) is 0 Å². The molecule has 158 valence electrons. The second-order valence-electron chi connectivity index (χ2n) is 6.22. The fourth-order valence-corrected chi connectivity index (χ4v) is 2.73. The standard InChI is InChI=1S/C10H12N2O.C9H11ClFN3.CH4S/c1-2-12-10(13)6-5-9-4-3-7-11-8-9;1-6-2-3-14(5-6)8-7(11)4-12-9(10)13-8;1-2/h3-8H,2H2,1H3,(H,12,13);4,6H,2-3,5H2,1H3;2H,1H3/p+1/b6-5+;;. The lowest BCUT2D eigenvalue weighted by atomic mass is 10.2. The van der Waals surface area contributed by atoms with E-state index in [1.807, 2.05) is 36.4 Å². The number of anilines is 1. The normalized spacial score (nSPS) is 15.2. The molecule has 0 bridgehead atoms. The molecular formula is C20H28ClFN5OS+. The van der Waals surface area contributed by atoms with Crippen molar-refractivity contribution in [2.24, 2.45) is 5.92 Å². The first kappa shape index (κ1) is 24.8. The number of nitrogens with one attached hydrogen (secondary N) is 2. The average Bonchev–Trinajstić information content (AvgIpc) is 3.17. The number of hydrogen-bond donors (Lipinski definition) is 2. The molecule has 29 heavy (non-hydrogen) atoms. The van der Waals surface area contributed by atoms with Crippen LogP contribution in [-0.2, 0) is 4.79 Å². The van der Waals surface area contributed by atoms with Crippen LogP contribution in [0.4, 0.5) is 10.2 Å². The predicted octanol–water partition coefficient (Wildman–Crippen LogP) is 3.31. The monoisotopic (exact) mass is 440 g/mol. The lowest BCUT2D eigenvalue weighted by Gasteiger charge is -2.16. The van der Waals surface area contributed by atoms with E-state index < -0.39 is 5.82 Å². The zero-order valence-corrected chi connectivity index (χ0v) is 18.6. The molecule has 1 aliphatic heterocycles. The van der Waals surface area contributed by atoms with Crippen LogP contribution in [0.3, 0.4) is 0 Å². The SMILES string of the molecule is CC1CCN(c2nc(Cl)ncc2F)C1.CCNC(=O)/C=C/c1ccc[nH+]c1.CS. The molecule has 1 amide bonds. The maximum absolute atomic E-state index is 13.3. The van der Waals surface area contributed by atoms with Gasteiger partial charge in [0, 0.05) is 37.3 Å². The minimum Gasteiger partial charge on any atom is -0.354 e. The summed E-state index contributed by atoms with van der Waals surface area (Å²) in [5.41, 5.74) is 0.980. The summed E-state index contributed by atoms with van der Waals surface area (Å²) in [7, 11) is 0. The topological polar surface area (TPSA) is 72.3 Å². The lowest BCUT2D eigenvalue weighted by Crippen LogP contribution is -2.21. The number of aromatic nitrogens is 3. The number of halogens is 2. The number of nitrogens with zero attached hydrogens (tertiary/aromatic N) is 3. The van der Waals surface area contributed by atoms with Crippen molar-refractivity contribution in [1.29, 1.82) is 0 Å². The van der Waals surface area contributed by atoms with E-state index in [4.69, 9.17) is 11.6 Å². The van der Waals surface area contributed by atoms with Crippen molar-refractivity contribution in [3.8, 4) is 0 Å². The Hall–Kier alpha value is -2.19. The number of pyridine rings is 1. The Morgan fingerprint density at radius 3 is 2.86 bits per heavy atom. The van der Waals surface area contributed by atoms with Crippen LogP contribution in [0.1, 0.15) is 25.8 Å². The van der Waals surface area contributed by atoms with Crippen molar-refractivity contribution in [2.45, 2.75) is 20.3 Å². The van der Waals surface area contributed by atoms with Crippen molar-refractivity contribution in [3.05, 3.63) is 53.5 Å². The fourth-order valence-electron chi connectivity index (χ4n) is 2.60. The third-order valence-corrected chi connectivity index (χ3v) is 4.11. The van der Waals surface area contributed by atoms with E-state index >= 15 is 0 Å². The molecule has 0 saturated carbocycles. The van der Waals surface area contributed by atoms with Gasteiger partial charge in [-0.15, -0.1) is 0 Å². The van der Waals surface area contributed by atoms with Gasteiger partial charge in [0.15, 0.2) is 24.0 Å². The Morgan fingerprint density at radius 1 is 1.52 bits per heavy atom. The first-order valence-electron chi connectivity index (χ1n) is 9.29. The average molecular weight is 441 g/mol. The third-order valence-electron chi connectivity index (χ3n) is 3.93. The van der Waals surface area contributed by atoms with E-state index in [-0.39, 0.29) is 11.2 Å². The number of aromatic amines is 1. The molecular weight excluding hydrogens is 413 g/mol. The van der Waals surface area contributed by atoms with E-state index in [0.29, 0.717) is 18.3 Å². The number of amides is 1. The maximum Gasteiger partial charge on any atom is 0.243 e. The Kier molecular flexibility index (Phi) is 11.9. The van der Waals surface area contributed by atoms with Crippen molar-refractivity contribution < 1.29 is 14.2 Å². The Balaban J connectivity index is 0.000000268. The van der Waals surface area contributed by atoms with Crippen molar-refractivity contribution >= 4 is 42.0 Å². The number of H-pyrrole nitrogens is 1. The number of rotatable bonds is 4. The highest BCUT2D eigenvalue weighted by molar-refractivity contribution is 7.79.